The highest BCUT2D eigenvalue weighted by molar-refractivity contribution is 5.22. The molecule has 10 heavy (non-hydrogen) atoms. The Kier molecular flexibility index (Phi) is 5.16. The van der Waals surface area contributed by atoms with Crippen molar-refractivity contribution in [1.29, 1.82) is 0 Å². The van der Waals surface area contributed by atoms with Crippen molar-refractivity contribution in [3.63, 3.8) is 0 Å². The maximum Gasteiger partial charge on any atom is 0.156 e. The van der Waals surface area contributed by atoms with Crippen molar-refractivity contribution in [3.05, 3.63) is 0 Å². The summed E-state index contributed by atoms with van der Waals surface area (Å²) in [5.74, 6) is 0.143. The summed E-state index contributed by atoms with van der Waals surface area (Å²) in [6, 6.07) is 0. The van der Waals surface area contributed by atoms with Crippen LogP contribution in [0.4, 0.5) is 0 Å². The van der Waals surface area contributed by atoms with Crippen LogP contribution >= 0.6 is 0 Å². The summed E-state index contributed by atoms with van der Waals surface area (Å²) in [7, 11) is 0. The molecule has 0 spiro atoms. The van der Waals surface area contributed by atoms with Gasteiger partial charge in [0.15, 0.2) is 6.29 Å². The Hall–Kier alpha value is -0.410. The molecule has 0 aliphatic heterocycles. The zero-order valence-corrected chi connectivity index (χ0v) is 6.58. The quantitative estimate of drug-likeness (QED) is 0.351. The van der Waals surface area contributed by atoms with Crippen molar-refractivity contribution in [1.82, 2.24) is 0 Å². The number of aliphatic hydroxyl groups excluding tert-OH is 1. The fourth-order valence-electron chi connectivity index (χ4n) is 0.430. The largest absolute Gasteiger partial charge is 0.368 e. The summed E-state index contributed by atoms with van der Waals surface area (Å²) in [4.78, 5) is 3.58. The fourth-order valence-corrected chi connectivity index (χ4v) is 0.430. The van der Waals surface area contributed by atoms with Gasteiger partial charge in [0.1, 0.15) is 0 Å². The first kappa shape index (κ1) is 9.59. The van der Waals surface area contributed by atoms with Crippen molar-refractivity contribution in [2.45, 2.75) is 20.1 Å². The first-order valence-electron chi connectivity index (χ1n) is 3.40. The second-order valence-electron chi connectivity index (χ2n) is 2.45. The van der Waals surface area contributed by atoms with Crippen molar-refractivity contribution < 1.29 is 9.84 Å². The molecule has 3 heteroatoms. The molecule has 0 saturated carbocycles. The molecule has 1 N–H and O–H groups in total. The van der Waals surface area contributed by atoms with E-state index in [-0.39, 0.29) is 5.92 Å². The van der Waals surface area contributed by atoms with Crippen LogP contribution in [0.2, 0.25) is 0 Å². The van der Waals surface area contributed by atoms with Crippen LogP contribution in [-0.2, 0) is 4.74 Å². The smallest absolute Gasteiger partial charge is 0.156 e. The van der Waals surface area contributed by atoms with E-state index >= 15 is 0 Å². The maximum absolute atomic E-state index is 9.07. The summed E-state index contributed by atoms with van der Waals surface area (Å²) in [5, 5.41) is 9.07. The van der Waals surface area contributed by atoms with E-state index in [0.29, 0.717) is 13.2 Å². The minimum absolute atomic E-state index is 0.143. The molecule has 3 nitrogen and oxygen atoms in total. The lowest BCUT2D eigenvalue weighted by Gasteiger charge is -2.13. The third-order valence-electron chi connectivity index (χ3n) is 1.11. The average Bonchev–Trinajstić information content (AvgIpc) is 1.88. The first-order valence-corrected chi connectivity index (χ1v) is 3.40. The highest BCUT2D eigenvalue weighted by atomic mass is 16.6. The van der Waals surface area contributed by atoms with Crippen LogP contribution in [0.25, 0.3) is 0 Å². The van der Waals surface area contributed by atoms with Crippen molar-refractivity contribution in [2.24, 2.45) is 10.9 Å². The highest BCUT2D eigenvalue weighted by Crippen LogP contribution is 2.01. The fraction of sp³-hybridized carbons (Fsp3) is 0.857. The second-order valence-corrected chi connectivity index (χ2v) is 2.45. The number of aliphatic hydroxyl groups is 1. The molecule has 0 aliphatic rings. The number of hydrogen-bond acceptors (Lipinski definition) is 3. The van der Waals surface area contributed by atoms with Gasteiger partial charge < -0.3 is 9.84 Å². The molecule has 0 bridgehead atoms. The van der Waals surface area contributed by atoms with Crippen molar-refractivity contribution in [2.75, 3.05) is 13.2 Å². The number of rotatable bonds is 5. The lowest BCUT2D eigenvalue weighted by Crippen LogP contribution is -2.20. The third kappa shape index (κ3) is 4.47. The number of nitrogens with zero attached hydrogens (tertiary/aromatic N) is 1. The van der Waals surface area contributed by atoms with Gasteiger partial charge in [-0.3, -0.25) is 4.99 Å². The van der Waals surface area contributed by atoms with Crippen LogP contribution in [0.5, 0.6) is 0 Å². The van der Waals surface area contributed by atoms with Crippen LogP contribution in [0.1, 0.15) is 13.8 Å². The Morgan fingerprint density at radius 2 is 2.20 bits per heavy atom. The molecule has 0 heterocycles. The number of hydrogen-bond donors (Lipinski definition) is 1. The van der Waals surface area contributed by atoms with Gasteiger partial charge >= 0.3 is 0 Å². The summed E-state index contributed by atoms with van der Waals surface area (Å²) >= 11 is 0. The predicted octanol–water partition coefficient (Wildman–Crippen LogP) is 0.678. The molecule has 0 aliphatic carbocycles. The zero-order chi connectivity index (χ0) is 7.98. The van der Waals surface area contributed by atoms with Gasteiger partial charge in [0.05, 0.1) is 13.2 Å². The SMILES string of the molecule is C=NCCOC(O)C(C)C. The van der Waals surface area contributed by atoms with E-state index in [9.17, 15) is 0 Å². The summed E-state index contributed by atoms with van der Waals surface area (Å²) < 4.78 is 4.97. The lowest BCUT2D eigenvalue weighted by molar-refractivity contribution is -0.123. The highest BCUT2D eigenvalue weighted by Gasteiger charge is 2.07. The molecule has 0 aromatic rings. The normalized spacial score (nSPS) is 13.6. The standard InChI is InChI=1S/C7H15NO2/c1-6(2)7(9)10-5-4-8-3/h6-7,9H,3-5H2,1-2H3. The monoisotopic (exact) mass is 145 g/mol. The minimum Gasteiger partial charge on any atom is -0.368 e. The number of aliphatic imine (C=N–C) groups is 1. The Bertz CT molecular complexity index is 93.6. The molecule has 0 radical (unpaired) electrons. The minimum atomic E-state index is -0.665. The first-order chi connectivity index (χ1) is 4.68. The summed E-state index contributed by atoms with van der Waals surface area (Å²) in [5.41, 5.74) is 0. The Morgan fingerprint density at radius 1 is 1.60 bits per heavy atom. The van der Waals surface area contributed by atoms with Gasteiger partial charge in [0.2, 0.25) is 0 Å². The Labute approximate surface area is 61.7 Å². The van der Waals surface area contributed by atoms with E-state index in [0.717, 1.165) is 0 Å². The van der Waals surface area contributed by atoms with Crippen LogP contribution < -0.4 is 0 Å². The van der Waals surface area contributed by atoms with E-state index in [1.807, 2.05) is 13.8 Å². The van der Waals surface area contributed by atoms with Gasteiger partial charge in [0, 0.05) is 5.92 Å². The topological polar surface area (TPSA) is 41.8 Å². The van der Waals surface area contributed by atoms with Gasteiger partial charge in [-0.2, -0.15) is 0 Å². The van der Waals surface area contributed by atoms with Crippen LogP contribution in [-0.4, -0.2) is 31.3 Å². The second kappa shape index (κ2) is 5.38. The van der Waals surface area contributed by atoms with Gasteiger partial charge in [-0.05, 0) is 6.72 Å². The Balaban J connectivity index is 3.21. The molecule has 0 amide bonds. The lowest BCUT2D eigenvalue weighted by atomic mass is 10.2. The van der Waals surface area contributed by atoms with E-state index in [1.54, 1.807) is 0 Å². The molecular weight excluding hydrogens is 130 g/mol. The molecule has 0 aromatic heterocycles. The zero-order valence-electron chi connectivity index (χ0n) is 6.58. The van der Waals surface area contributed by atoms with Gasteiger partial charge in [0.25, 0.3) is 0 Å². The Morgan fingerprint density at radius 3 is 2.60 bits per heavy atom. The number of ether oxygens (including phenoxy) is 1. The molecule has 1 atom stereocenters. The van der Waals surface area contributed by atoms with Gasteiger partial charge in [-0.15, -0.1) is 0 Å². The summed E-state index contributed by atoms with van der Waals surface area (Å²) in [6.07, 6.45) is -0.665. The van der Waals surface area contributed by atoms with E-state index in [4.69, 9.17) is 9.84 Å². The van der Waals surface area contributed by atoms with Crippen molar-refractivity contribution in [3.8, 4) is 0 Å². The van der Waals surface area contributed by atoms with Crippen LogP contribution in [0.15, 0.2) is 4.99 Å². The molecule has 0 aromatic carbocycles. The predicted molar refractivity (Wildman–Crippen MR) is 41.2 cm³/mol. The van der Waals surface area contributed by atoms with Gasteiger partial charge in [-0.25, -0.2) is 0 Å². The van der Waals surface area contributed by atoms with E-state index < -0.39 is 6.29 Å². The third-order valence-corrected chi connectivity index (χ3v) is 1.11. The van der Waals surface area contributed by atoms with Crippen LogP contribution in [0, 0.1) is 5.92 Å². The average molecular weight is 145 g/mol. The molecule has 0 fully saturated rings. The summed E-state index contributed by atoms with van der Waals surface area (Å²) in [6.45, 7) is 8.07. The van der Waals surface area contributed by atoms with Crippen molar-refractivity contribution >= 4 is 6.72 Å². The van der Waals surface area contributed by atoms with E-state index in [2.05, 4.69) is 11.7 Å². The van der Waals surface area contributed by atoms with Crippen LogP contribution in [0.3, 0.4) is 0 Å². The molecule has 1 unspecified atom stereocenters. The van der Waals surface area contributed by atoms with Gasteiger partial charge in [-0.1, -0.05) is 13.8 Å². The molecule has 0 saturated heterocycles. The molecule has 60 valence electrons. The van der Waals surface area contributed by atoms with E-state index in [1.165, 1.54) is 0 Å². The maximum atomic E-state index is 9.07. The molecular formula is C7H15NO2. The molecule has 0 rings (SSSR count).